The minimum absolute atomic E-state index is 0.00702. The predicted molar refractivity (Wildman–Crippen MR) is 88.5 cm³/mol. The predicted octanol–water partition coefficient (Wildman–Crippen LogP) is 3.56. The molecule has 2 aromatic rings. The van der Waals surface area contributed by atoms with Gasteiger partial charge in [0, 0.05) is 23.9 Å². The lowest BCUT2D eigenvalue weighted by Crippen LogP contribution is -2.09. The summed E-state index contributed by atoms with van der Waals surface area (Å²) >= 11 is 0. The van der Waals surface area contributed by atoms with Gasteiger partial charge in [-0.25, -0.2) is 0 Å². The van der Waals surface area contributed by atoms with Gasteiger partial charge in [-0.2, -0.15) is 0 Å². The van der Waals surface area contributed by atoms with E-state index in [1.165, 1.54) is 24.3 Å². The van der Waals surface area contributed by atoms with Crippen LogP contribution in [0.25, 0.3) is 6.08 Å². The molecule has 6 heteroatoms. The third-order valence-electron chi connectivity index (χ3n) is 3.20. The number of nitrogens with zero attached hydrogens (tertiary/aromatic N) is 1. The number of hydrogen-bond acceptors (Lipinski definition) is 4. The molecule has 0 bridgehead atoms. The third-order valence-corrected chi connectivity index (χ3v) is 3.20. The summed E-state index contributed by atoms with van der Waals surface area (Å²) in [6.07, 6.45) is 3.06. The molecule has 6 nitrogen and oxygen atoms in total. The van der Waals surface area contributed by atoms with Crippen molar-refractivity contribution in [2.45, 2.75) is 6.92 Å². The van der Waals surface area contributed by atoms with Crippen LogP contribution in [0.2, 0.25) is 0 Å². The summed E-state index contributed by atoms with van der Waals surface area (Å²) in [5.41, 5.74) is 1.99. The van der Waals surface area contributed by atoms with Crippen LogP contribution in [0.5, 0.6) is 5.75 Å². The van der Waals surface area contributed by atoms with Gasteiger partial charge in [-0.3, -0.25) is 14.9 Å². The number of nitro groups is 1. The number of anilines is 1. The molecule has 0 spiro atoms. The summed E-state index contributed by atoms with van der Waals surface area (Å²) in [4.78, 5) is 22.2. The molecule has 1 N–H and O–H groups in total. The molecule has 0 aromatic heterocycles. The molecule has 0 atom stereocenters. The molecule has 2 rings (SSSR count). The van der Waals surface area contributed by atoms with Crippen molar-refractivity contribution in [1.29, 1.82) is 0 Å². The van der Waals surface area contributed by atoms with Crippen molar-refractivity contribution < 1.29 is 14.5 Å². The van der Waals surface area contributed by atoms with Gasteiger partial charge in [0.25, 0.3) is 5.69 Å². The number of methoxy groups -OCH3 is 1. The number of non-ortho nitro benzene ring substituents is 1. The second-order valence-electron chi connectivity index (χ2n) is 4.86. The summed E-state index contributed by atoms with van der Waals surface area (Å²) in [6, 6.07) is 11.6. The lowest BCUT2D eigenvalue weighted by molar-refractivity contribution is -0.384. The van der Waals surface area contributed by atoms with Gasteiger partial charge in [-0.05, 0) is 42.3 Å². The topological polar surface area (TPSA) is 81.5 Å². The van der Waals surface area contributed by atoms with Crippen LogP contribution < -0.4 is 10.1 Å². The van der Waals surface area contributed by atoms with Gasteiger partial charge in [0.15, 0.2) is 0 Å². The van der Waals surface area contributed by atoms with Gasteiger partial charge >= 0.3 is 0 Å². The zero-order valence-corrected chi connectivity index (χ0v) is 12.8. The fraction of sp³-hybridized carbons (Fsp3) is 0.118. The maximum Gasteiger partial charge on any atom is 0.269 e. The van der Waals surface area contributed by atoms with Crippen LogP contribution in [-0.4, -0.2) is 17.9 Å². The number of nitro benzene ring substituents is 1. The van der Waals surface area contributed by atoms with E-state index in [0.29, 0.717) is 17.0 Å². The molecule has 0 aliphatic heterocycles. The average molecular weight is 312 g/mol. The Morgan fingerprint density at radius 3 is 2.70 bits per heavy atom. The van der Waals surface area contributed by atoms with Crippen LogP contribution in [0.15, 0.2) is 48.5 Å². The van der Waals surface area contributed by atoms with Crippen molar-refractivity contribution in [3.8, 4) is 5.75 Å². The second kappa shape index (κ2) is 7.22. The molecule has 0 saturated heterocycles. The van der Waals surface area contributed by atoms with E-state index in [4.69, 9.17) is 4.74 Å². The molecule has 0 radical (unpaired) electrons. The first-order valence-electron chi connectivity index (χ1n) is 6.88. The van der Waals surface area contributed by atoms with Crippen LogP contribution in [0, 0.1) is 17.0 Å². The van der Waals surface area contributed by atoms with Crippen molar-refractivity contribution in [2.24, 2.45) is 0 Å². The fourth-order valence-electron chi connectivity index (χ4n) is 1.99. The molecule has 0 saturated carbocycles. The first kappa shape index (κ1) is 16.2. The number of hydrogen-bond donors (Lipinski definition) is 1. The summed E-state index contributed by atoms with van der Waals surface area (Å²) in [5, 5.41) is 13.4. The highest BCUT2D eigenvalue weighted by Crippen LogP contribution is 2.21. The Morgan fingerprint density at radius 1 is 1.26 bits per heavy atom. The van der Waals surface area contributed by atoms with Gasteiger partial charge in [0.05, 0.1) is 12.0 Å². The Bertz CT molecular complexity index is 769. The van der Waals surface area contributed by atoms with E-state index in [2.05, 4.69) is 5.32 Å². The van der Waals surface area contributed by atoms with E-state index in [1.54, 1.807) is 26.2 Å². The van der Waals surface area contributed by atoms with Crippen molar-refractivity contribution in [3.05, 3.63) is 69.8 Å². The number of nitrogens with one attached hydrogen (secondary N) is 1. The molecule has 0 unspecified atom stereocenters. The third kappa shape index (κ3) is 4.41. The van der Waals surface area contributed by atoms with Crippen molar-refractivity contribution >= 4 is 23.4 Å². The SMILES string of the molecule is COc1cccc(/C=C/C(=O)Nc2ccc([N+](=O)[O-])cc2C)c1. The fourth-order valence-corrected chi connectivity index (χ4v) is 1.99. The van der Waals surface area contributed by atoms with E-state index in [1.807, 2.05) is 18.2 Å². The highest BCUT2D eigenvalue weighted by Gasteiger charge is 2.09. The summed E-state index contributed by atoms with van der Waals surface area (Å²) in [6.45, 7) is 1.70. The summed E-state index contributed by atoms with van der Waals surface area (Å²) in [7, 11) is 1.58. The Morgan fingerprint density at radius 2 is 2.04 bits per heavy atom. The van der Waals surface area contributed by atoms with Gasteiger partial charge in [0.2, 0.25) is 5.91 Å². The number of carbonyl (C=O) groups excluding carboxylic acids is 1. The number of carbonyl (C=O) groups is 1. The molecule has 1 amide bonds. The van der Waals surface area contributed by atoms with Crippen LogP contribution in [-0.2, 0) is 4.79 Å². The first-order valence-corrected chi connectivity index (χ1v) is 6.88. The van der Waals surface area contributed by atoms with Gasteiger partial charge in [-0.15, -0.1) is 0 Å². The quantitative estimate of drug-likeness (QED) is 0.520. The van der Waals surface area contributed by atoms with E-state index < -0.39 is 4.92 Å². The largest absolute Gasteiger partial charge is 0.497 e. The number of aryl methyl sites for hydroxylation is 1. The van der Waals surface area contributed by atoms with Crippen LogP contribution in [0.1, 0.15) is 11.1 Å². The van der Waals surface area contributed by atoms with Crippen LogP contribution in [0.4, 0.5) is 11.4 Å². The minimum Gasteiger partial charge on any atom is -0.497 e. The normalized spacial score (nSPS) is 10.5. The highest BCUT2D eigenvalue weighted by atomic mass is 16.6. The molecule has 118 valence electrons. The van der Waals surface area contributed by atoms with E-state index >= 15 is 0 Å². The standard InChI is InChI=1S/C17H16N2O4/c1-12-10-14(19(21)22)7-8-16(12)18-17(20)9-6-13-4-3-5-15(11-13)23-2/h3-11H,1-2H3,(H,18,20)/b9-6+. The zero-order chi connectivity index (χ0) is 16.8. The maximum atomic E-state index is 11.9. The number of amides is 1. The zero-order valence-electron chi connectivity index (χ0n) is 12.8. The Labute approximate surface area is 133 Å². The van der Waals surface area contributed by atoms with E-state index in [9.17, 15) is 14.9 Å². The van der Waals surface area contributed by atoms with Crippen molar-refractivity contribution in [2.75, 3.05) is 12.4 Å². The average Bonchev–Trinajstić information content (AvgIpc) is 2.55. The lowest BCUT2D eigenvalue weighted by Gasteiger charge is -2.06. The second-order valence-corrected chi connectivity index (χ2v) is 4.86. The highest BCUT2D eigenvalue weighted by molar-refractivity contribution is 6.02. The van der Waals surface area contributed by atoms with Gasteiger partial charge in [0.1, 0.15) is 5.75 Å². The summed E-state index contributed by atoms with van der Waals surface area (Å²) in [5.74, 6) is 0.392. The molecule has 23 heavy (non-hydrogen) atoms. The molecular formula is C17H16N2O4. The van der Waals surface area contributed by atoms with Gasteiger partial charge in [-0.1, -0.05) is 12.1 Å². The Kier molecular flexibility index (Phi) is 5.09. The maximum absolute atomic E-state index is 11.9. The van der Waals surface area contributed by atoms with E-state index in [-0.39, 0.29) is 11.6 Å². The Balaban J connectivity index is 2.07. The summed E-state index contributed by atoms with van der Waals surface area (Å²) < 4.78 is 5.11. The minimum atomic E-state index is -0.471. The van der Waals surface area contributed by atoms with Crippen LogP contribution in [0.3, 0.4) is 0 Å². The number of rotatable bonds is 5. The first-order chi connectivity index (χ1) is 11.0. The van der Waals surface area contributed by atoms with Gasteiger partial charge < -0.3 is 10.1 Å². The monoisotopic (exact) mass is 312 g/mol. The van der Waals surface area contributed by atoms with E-state index in [0.717, 1.165) is 5.56 Å². The lowest BCUT2D eigenvalue weighted by atomic mass is 10.1. The smallest absolute Gasteiger partial charge is 0.269 e. The molecular weight excluding hydrogens is 296 g/mol. The number of benzene rings is 2. The molecule has 0 aliphatic carbocycles. The van der Waals surface area contributed by atoms with Crippen molar-refractivity contribution in [1.82, 2.24) is 0 Å². The van der Waals surface area contributed by atoms with Crippen LogP contribution >= 0.6 is 0 Å². The molecule has 0 fully saturated rings. The Hall–Kier alpha value is -3.15. The molecule has 0 aliphatic rings. The van der Waals surface area contributed by atoms with Crippen molar-refractivity contribution in [3.63, 3.8) is 0 Å². The molecule has 0 heterocycles. The molecule has 2 aromatic carbocycles. The number of ether oxygens (including phenoxy) is 1.